The number of hydrogen-bond donors (Lipinski definition) is 0. The predicted molar refractivity (Wildman–Crippen MR) is 132 cm³/mol. The van der Waals surface area contributed by atoms with Crippen LogP contribution in [0.25, 0.3) is 0 Å². The minimum Gasteiger partial charge on any atom is -0.493 e. The number of methoxy groups -OCH3 is 2. The first-order chi connectivity index (χ1) is 17.8. The van der Waals surface area contributed by atoms with Gasteiger partial charge in [-0.15, -0.1) is 0 Å². The van der Waals surface area contributed by atoms with E-state index in [1.165, 1.54) is 20.3 Å². The smallest absolute Gasteiger partial charge is 0.241 e. The molecule has 0 radical (unpaired) electrons. The minimum atomic E-state index is -2.11. The van der Waals surface area contributed by atoms with Gasteiger partial charge in [0.1, 0.15) is 0 Å². The molecule has 2 aliphatic heterocycles. The van der Waals surface area contributed by atoms with Gasteiger partial charge in [-0.3, -0.25) is 19.2 Å². The quantitative estimate of drug-likeness (QED) is 0.400. The summed E-state index contributed by atoms with van der Waals surface area (Å²) in [6.07, 6.45) is -0.963. The van der Waals surface area contributed by atoms with Gasteiger partial charge in [-0.05, 0) is 30.2 Å². The number of ketones is 2. The first-order valence-corrected chi connectivity index (χ1v) is 11.9. The van der Waals surface area contributed by atoms with Gasteiger partial charge in [0.05, 0.1) is 37.8 Å². The third-order valence-corrected chi connectivity index (χ3v) is 7.64. The Morgan fingerprint density at radius 2 is 1.41 bits per heavy atom. The minimum absolute atomic E-state index is 0.196. The van der Waals surface area contributed by atoms with Gasteiger partial charge in [-0.1, -0.05) is 48.5 Å². The zero-order chi connectivity index (χ0) is 26.1. The fourth-order valence-corrected chi connectivity index (χ4v) is 5.92. The zero-order valence-corrected chi connectivity index (χ0v) is 20.4. The summed E-state index contributed by atoms with van der Waals surface area (Å²) in [5.41, 5.74) is 0.0169. The highest BCUT2D eigenvalue weighted by Gasteiger charge is 2.74. The van der Waals surface area contributed by atoms with E-state index in [-0.39, 0.29) is 16.8 Å². The number of amides is 2. The second-order valence-corrected chi connectivity index (χ2v) is 9.39. The van der Waals surface area contributed by atoms with Crippen molar-refractivity contribution in [3.8, 4) is 11.5 Å². The molecule has 3 unspecified atom stereocenters. The molecule has 8 heteroatoms. The molecule has 0 saturated carbocycles. The van der Waals surface area contributed by atoms with Crippen LogP contribution in [0.15, 0.2) is 66.7 Å². The molecule has 3 aromatic rings. The molecule has 0 N–H and O–H groups in total. The molecule has 2 saturated heterocycles. The van der Waals surface area contributed by atoms with Crippen molar-refractivity contribution in [2.45, 2.75) is 18.6 Å². The maximum Gasteiger partial charge on any atom is 0.241 e. The Hall–Kier alpha value is -4.30. The molecule has 6 rings (SSSR count). The number of aryl methyl sites for hydroxylation is 1. The van der Waals surface area contributed by atoms with E-state index in [4.69, 9.17) is 14.2 Å². The van der Waals surface area contributed by atoms with Crippen LogP contribution in [0.3, 0.4) is 0 Å². The second kappa shape index (κ2) is 8.11. The van der Waals surface area contributed by atoms with Crippen molar-refractivity contribution in [1.82, 2.24) is 0 Å². The van der Waals surface area contributed by atoms with Gasteiger partial charge in [0.2, 0.25) is 29.0 Å². The van der Waals surface area contributed by atoms with Crippen LogP contribution in [-0.2, 0) is 14.3 Å². The average Bonchev–Trinajstić information content (AvgIpc) is 3.48. The maximum atomic E-state index is 14.1. The Kier molecular flexibility index (Phi) is 5.07. The van der Waals surface area contributed by atoms with Crippen LogP contribution in [0, 0.1) is 18.8 Å². The Labute approximate surface area is 212 Å². The largest absolute Gasteiger partial charge is 0.493 e. The molecule has 2 amide bonds. The number of benzene rings is 3. The van der Waals surface area contributed by atoms with Crippen molar-refractivity contribution < 1.29 is 33.4 Å². The van der Waals surface area contributed by atoms with Crippen LogP contribution < -0.4 is 14.4 Å². The molecule has 1 spiro atoms. The van der Waals surface area contributed by atoms with Gasteiger partial charge < -0.3 is 14.2 Å². The lowest BCUT2D eigenvalue weighted by atomic mass is 9.77. The standard InChI is InChI=1S/C29H23NO7/c1-15-8-4-5-9-17(15)24-22-23(29(37-24)25(31)18-10-6-7-11-19(18)26(29)32)28(34)30(27(22)33)16-12-13-20(35-2)21(14-16)36-3/h4-14,22-24H,1-3H3. The summed E-state index contributed by atoms with van der Waals surface area (Å²) in [5.74, 6) is -3.99. The van der Waals surface area contributed by atoms with Crippen LogP contribution >= 0.6 is 0 Å². The zero-order valence-electron chi connectivity index (χ0n) is 20.4. The van der Waals surface area contributed by atoms with Crippen LogP contribution in [0.5, 0.6) is 11.5 Å². The van der Waals surface area contributed by atoms with Gasteiger partial charge in [-0.2, -0.15) is 0 Å². The van der Waals surface area contributed by atoms with E-state index in [1.54, 1.807) is 48.5 Å². The van der Waals surface area contributed by atoms with Crippen LogP contribution in [-0.4, -0.2) is 43.2 Å². The Balaban J connectivity index is 1.54. The molecule has 2 fully saturated rings. The summed E-state index contributed by atoms with van der Waals surface area (Å²) in [6.45, 7) is 1.86. The summed E-state index contributed by atoms with van der Waals surface area (Å²) in [6, 6.07) is 18.4. The van der Waals surface area contributed by atoms with Gasteiger partial charge in [0.25, 0.3) is 0 Å². The summed E-state index contributed by atoms with van der Waals surface area (Å²) in [7, 11) is 2.94. The van der Waals surface area contributed by atoms with Crippen LogP contribution in [0.1, 0.15) is 37.9 Å². The lowest BCUT2D eigenvalue weighted by Gasteiger charge is -2.27. The van der Waals surface area contributed by atoms with Gasteiger partial charge in [0.15, 0.2) is 11.5 Å². The van der Waals surface area contributed by atoms with E-state index < -0.39 is 46.9 Å². The van der Waals surface area contributed by atoms with E-state index in [1.807, 2.05) is 19.1 Å². The predicted octanol–water partition coefficient (Wildman–Crippen LogP) is 3.71. The normalized spacial score (nSPS) is 23.5. The van der Waals surface area contributed by atoms with Gasteiger partial charge >= 0.3 is 0 Å². The summed E-state index contributed by atoms with van der Waals surface area (Å²) in [5, 5.41) is 0. The number of nitrogens with zero attached hydrogens (tertiary/aromatic N) is 1. The number of hydrogen-bond acceptors (Lipinski definition) is 7. The van der Waals surface area contributed by atoms with E-state index in [2.05, 4.69) is 0 Å². The first-order valence-electron chi connectivity index (χ1n) is 11.9. The first kappa shape index (κ1) is 23.1. The third-order valence-electron chi connectivity index (χ3n) is 7.64. The van der Waals surface area contributed by atoms with Crippen molar-refractivity contribution in [1.29, 1.82) is 0 Å². The molecule has 0 aromatic heterocycles. The van der Waals surface area contributed by atoms with Crippen molar-refractivity contribution in [2.75, 3.05) is 19.1 Å². The van der Waals surface area contributed by atoms with E-state index in [9.17, 15) is 19.2 Å². The molecule has 3 aromatic carbocycles. The molecule has 3 aliphatic rings. The molecule has 1 aliphatic carbocycles. The molecular weight excluding hydrogens is 474 g/mol. The van der Waals surface area contributed by atoms with Crippen molar-refractivity contribution >= 4 is 29.1 Å². The highest BCUT2D eigenvalue weighted by molar-refractivity contribution is 6.37. The third kappa shape index (κ3) is 2.93. The van der Waals surface area contributed by atoms with Gasteiger partial charge in [0, 0.05) is 17.2 Å². The number of ether oxygens (including phenoxy) is 3. The van der Waals surface area contributed by atoms with Crippen molar-refractivity contribution in [3.05, 3.63) is 89.0 Å². The van der Waals surface area contributed by atoms with Crippen molar-refractivity contribution in [2.24, 2.45) is 11.8 Å². The maximum absolute atomic E-state index is 14.1. The van der Waals surface area contributed by atoms with Gasteiger partial charge in [-0.25, -0.2) is 4.90 Å². The number of anilines is 1. The lowest BCUT2D eigenvalue weighted by Crippen LogP contribution is -2.51. The highest BCUT2D eigenvalue weighted by atomic mass is 16.5. The van der Waals surface area contributed by atoms with E-state index >= 15 is 0 Å². The SMILES string of the molecule is COc1ccc(N2C(=O)C3C(c4ccccc4C)OC4(C(=O)c5ccccc5C4=O)C3C2=O)cc1OC. The number of rotatable bonds is 4. The molecular formula is C29H23NO7. The molecule has 2 heterocycles. The summed E-state index contributed by atoms with van der Waals surface area (Å²) < 4.78 is 17.0. The summed E-state index contributed by atoms with van der Waals surface area (Å²) in [4.78, 5) is 56.8. The van der Waals surface area contributed by atoms with Crippen molar-refractivity contribution in [3.63, 3.8) is 0 Å². The topological polar surface area (TPSA) is 99.2 Å². The Bertz CT molecular complexity index is 1470. The molecule has 8 nitrogen and oxygen atoms in total. The molecule has 37 heavy (non-hydrogen) atoms. The summed E-state index contributed by atoms with van der Waals surface area (Å²) >= 11 is 0. The number of fused-ring (bicyclic) bond motifs is 3. The number of Topliss-reactive ketones (excluding diaryl/α,β-unsaturated/α-hetero) is 2. The average molecular weight is 498 g/mol. The second-order valence-electron chi connectivity index (χ2n) is 9.39. The highest BCUT2D eigenvalue weighted by Crippen LogP contribution is 2.58. The Morgan fingerprint density at radius 1 is 0.784 bits per heavy atom. The van der Waals surface area contributed by atoms with E-state index in [0.29, 0.717) is 17.1 Å². The number of carbonyl (C=O) groups excluding carboxylic acids is 4. The molecule has 3 atom stereocenters. The molecule has 186 valence electrons. The van der Waals surface area contributed by atoms with Crippen LogP contribution in [0.4, 0.5) is 5.69 Å². The van der Waals surface area contributed by atoms with E-state index in [0.717, 1.165) is 10.5 Å². The van der Waals surface area contributed by atoms with Crippen LogP contribution in [0.2, 0.25) is 0 Å². The monoisotopic (exact) mass is 497 g/mol. The Morgan fingerprint density at radius 3 is 2.03 bits per heavy atom. The number of carbonyl (C=O) groups is 4. The number of imide groups is 1. The molecule has 0 bridgehead atoms. The fraction of sp³-hybridized carbons (Fsp3) is 0.241. The lowest BCUT2D eigenvalue weighted by molar-refractivity contribution is -0.127. The fourth-order valence-electron chi connectivity index (χ4n) is 5.92.